The van der Waals surface area contributed by atoms with Gasteiger partial charge in [0.2, 0.25) is 0 Å². The van der Waals surface area contributed by atoms with E-state index in [1.165, 1.54) is 0 Å². The average molecular weight is 223 g/mol. The molecule has 0 saturated carbocycles. The van der Waals surface area contributed by atoms with Gasteiger partial charge in [-0.15, -0.1) is 0 Å². The third-order valence-corrected chi connectivity index (χ3v) is 2.50. The Kier molecular flexibility index (Phi) is 2.79. The molecule has 0 fully saturated rings. The third kappa shape index (κ3) is 2.05. The van der Waals surface area contributed by atoms with E-state index in [0.29, 0.717) is 5.82 Å². The van der Waals surface area contributed by atoms with Crippen LogP contribution in [0.2, 0.25) is 0 Å². The number of nitrogen functional groups attached to an aromatic ring is 1. The van der Waals surface area contributed by atoms with E-state index < -0.39 is 0 Å². The number of aromatic nitrogens is 3. The molecule has 0 aromatic carbocycles. The largest absolute Gasteiger partial charge is 0.382 e. The van der Waals surface area contributed by atoms with Crippen LogP contribution in [-0.4, -0.2) is 20.6 Å². The van der Waals surface area contributed by atoms with Crippen LogP contribution in [0.3, 0.4) is 0 Å². The normalized spacial score (nSPS) is 11.1. The predicted molar refractivity (Wildman–Crippen MR) is 62.5 cm³/mol. The van der Waals surface area contributed by atoms with Crippen molar-refractivity contribution in [2.75, 3.05) is 12.0 Å². The minimum Gasteiger partial charge on any atom is -0.382 e. The molecule has 2 rings (SSSR count). The number of nitrogens with one attached hydrogen (secondary N) is 1. The van der Waals surface area contributed by atoms with E-state index >= 15 is 0 Å². The van der Waals surface area contributed by atoms with Gasteiger partial charge >= 0.3 is 0 Å². The van der Waals surface area contributed by atoms with Crippen molar-refractivity contribution in [3.63, 3.8) is 0 Å². The number of anilines is 1. The van der Waals surface area contributed by atoms with E-state index in [4.69, 9.17) is 5.73 Å². The topological polar surface area (TPSA) is 68.2 Å². The molecule has 0 atom stereocenters. The molecule has 5 nitrogen and oxygen atoms in total. The zero-order valence-corrected chi connectivity index (χ0v) is 9.51. The van der Waals surface area contributed by atoms with Gasteiger partial charge in [0, 0.05) is 12.7 Å². The maximum atomic E-state index is 5.63. The summed E-state index contributed by atoms with van der Waals surface area (Å²) in [6.07, 6.45) is 5.72. The van der Waals surface area contributed by atoms with Crippen molar-refractivity contribution in [2.45, 2.75) is 13.5 Å². The van der Waals surface area contributed by atoms with Crippen LogP contribution in [-0.2, 0) is 6.54 Å². The van der Waals surface area contributed by atoms with Gasteiger partial charge in [0.15, 0.2) is 5.65 Å². The lowest BCUT2D eigenvalue weighted by atomic mass is 10.4. The summed E-state index contributed by atoms with van der Waals surface area (Å²) in [4.78, 5) is 8.62. The molecule has 2 heterocycles. The summed E-state index contributed by atoms with van der Waals surface area (Å²) >= 11 is 1.57. The molecule has 2 aromatic rings. The number of hydrogen-bond acceptors (Lipinski definition) is 5. The number of rotatable bonds is 3. The van der Waals surface area contributed by atoms with Crippen molar-refractivity contribution in [1.29, 1.82) is 0 Å². The number of nitrogens with two attached hydrogens (primary N) is 1. The van der Waals surface area contributed by atoms with E-state index in [2.05, 4.69) is 14.7 Å². The lowest BCUT2D eigenvalue weighted by Crippen LogP contribution is -2.06. The van der Waals surface area contributed by atoms with Crippen LogP contribution in [0, 0.1) is 6.92 Å². The molecule has 0 amide bonds. The zero-order valence-electron chi connectivity index (χ0n) is 8.69. The molecule has 0 spiro atoms. The Morgan fingerprint density at radius 1 is 1.47 bits per heavy atom. The van der Waals surface area contributed by atoms with Crippen LogP contribution in [0.25, 0.3) is 5.65 Å². The Morgan fingerprint density at radius 2 is 2.27 bits per heavy atom. The molecule has 0 unspecified atom stereocenters. The fraction of sp³-hybridized carbons (Fsp3) is 0.333. The van der Waals surface area contributed by atoms with Gasteiger partial charge in [0.05, 0.1) is 17.6 Å². The maximum absolute atomic E-state index is 5.63. The van der Waals surface area contributed by atoms with Crippen molar-refractivity contribution in [3.8, 4) is 0 Å². The summed E-state index contributed by atoms with van der Waals surface area (Å²) < 4.78 is 5.06. The van der Waals surface area contributed by atoms with Gasteiger partial charge in [-0.2, -0.15) is 0 Å². The lowest BCUT2D eigenvalue weighted by Gasteiger charge is -2.03. The van der Waals surface area contributed by atoms with E-state index in [9.17, 15) is 0 Å². The molecule has 0 bridgehead atoms. The summed E-state index contributed by atoms with van der Waals surface area (Å²) in [7, 11) is 0. The molecule has 15 heavy (non-hydrogen) atoms. The lowest BCUT2D eigenvalue weighted by molar-refractivity contribution is 0.884. The first-order valence-electron chi connectivity index (χ1n) is 4.57. The van der Waals surface area contributed by atoms with Gasteiger partial charge in [-0.05, 0) is 13.2 Å². The molecular weight excluding hydrogens is 210 g/mol. The minimum atomic E-state index is 0.523. The third-order valence-electron chi connectivity index (χ3n) is 2.07. The molecule has 0 saturated heterocycles. The van der Waals surface area contributed by atoms with Crippen molar-refractivity contribution < 1.29 is 0 Å². The smallest absolute Gasteiger partial charge is 0.160 e. The Balaban J connectivity index is 2.42. The van der Waals surface area contributed by atoms with Crippen LogP contribution >= 0.6 is 11.9 Å². The Bertz CT molecular complexity index is 479. The highest BCUT2D eigenvalue weighted by Gasteiger charge is 2.05. The molecule has 0 radical (unpaired) electrons. The standard InChI is InChI=1S/C9H13N5S/c1-6-9-13-8(10)5-14(9)4-7(12-6)3-11-15-2/h4-5,11H,3,10H2,1-2H3. The second-order valence-corrected chi connectivity index (χ2v) is 3.94. The molecule has 0 aliphatic rings. The molecule has 80 valence electrons. The van der Waals surface area contributed by atoms with Gasteiger partial charge in [0.25, 0.3) is 0 Å². The predicted octanol–water partition coefficient (Wildman–Crippen LogP) is 0.988. The van der Waals surface area contributed by atoms with Crippen LogP contribution in [0.1, 0.15) is 11.4 Å². The average Bonchev–Trinajstić information content (AvgIpc) is 2.56. The molecular formula is C9H13N5S. The SMILES string of the molecule is CSNCc1cn2cc(N)nc2c(C)n1. The molecule has 6 heteroatoms. The van der Waals surface area contributed by atoms with E-state index in [1.807, 2.05) is 23.8 Å². The fourth-order valence-electron chi connectivity index (χ4n) is 1.46. The number of hydrogen-bond donors (Lipinski definition) is 2. The van der Waals surface area contributed by atoms with Crippen LogP contribution < -0.4 is 10.5 Å². The minimum absolute atomic E-state index is 0.523. The van der Waals surface area contributed by atoms with Crippen LogP contribution in [0.15, 0.2) is 12.4 Å². The van der Waals surface area contributed by atoms with E-state index in [1.54, 1.807) is 18.1 Å². The summed E-state index contributed by atoms with van der Waals surface area (Å²) in [6, 6.07) is 0. The summed E-state index contributed by atoms with van der Waals surface area (Å²) in [6.45, 7) is 2.67. The van der Waals surface area contributed by atoms with Gasteiger partial charge < -0.3 is 10.1 Å². The van der Waals surface area contributed by atoms with Gasteiger partial charge in [-0.1, -0.05) is 11.9 Å². The zero-order chi connectivity index (χ0) is 10.8. The number of imidazole rings is 1. The highest BCUT2D eigenvalue weighted by Crippen LogP contribution is 2.11. The van der Waals surface area contributed by atoms with Gasteiger partial charge in [0.1, 0.15) is 5.82 Å². The van der Waals surface area contributed by atoms with Crippen molar-refractivity contribution in [2.24, 2.45) is 0 Å². The maximum Gasteiger partial charge on any atom is 0.160 e. The Labute approximate surface area is 92.2 Å². The van der Waals surface area contributed by atoms with Gasteiger partial charge in [-0.3, -0.25) is 9.71 Å². The molecule has 0 aliphatic heterocycles. The fourth-order valence-corrected chi connectivity index (χ4v) is 1.76. The highest BCUT2D eigenvalue weighted by molar-refractivity contribution is 7.96. The molecule has 3 N–H and O–H groups in total. The molecule has 0 aliphatic carbocycles. The number of nitrogens with zero attached hydrogens (tertiary/aromatic N) is 3. The summed E-state index contributed by atoms with van der Waals surface area (Å²) in [5.74, 6) is 0.523. The quantitative estimate of drug-likeness (QED) is 0.759. The van der Waals surface area contributed by atoms with Gasteiger partial charge in [-0.25, -0.2) is 4.98 Å². The monoisotopic (exact) mass is 223 g/mol. The Morgan fingerprint density at radius 3 is 3.00 bits per heavy atom. The summed E-state index contributed by atoms with van der Waals surface area (Å²) in [5, 5.41) is 0. The first kappa shape index (κ1) is 10.3. The summed E-state index contributed by atoms with van der Waals surface area (Å²) in [5.41, 5.74) is 8.32. The van der Waals surface area contributed by atoms with Crippen molar-refractivity contribution >= 4 is 23.4 Å². The van der Waals surface area contributed by atoms with Crippen molar-refractivity contribution in [1.82, 2.24) is 19.1 Å². The second kappa shape index (κ2) is 4.08. The first-order chi connectivity index (χ1) is 7.20. The molecule has 2 aromatic heterocycles. The van der Waals surface area contributed by atoms with Crippen LogP contribution in [0.5, 0.6) is 0 Å². The Hall–Kier alpha value is -1.27. The first-order valence-corrected chi connectivity index (χ1v) is 5.79. The number of aryl methyl sites for hydroxylation is 1. The van der Waals surface area contributed by atoms with E-state index in [0.717, 1.165) is 23.6 Å². The number of fused-ring (bicyclic) bond motifs is 1. The van der Waals surface area contributed by atoms with Crippen LogP contribution in [0.4, 0.5) is 5.82 Å². The highest BCUT2D eigenvalue weighted by atomic mass is 32.2. The van der Waals surface area contributed by atoms with Crippen molar-refractivity contribution in [3.05, 3.63) is 23.8 Å². The van der Waals surface area contributed by atoms with E-state index in [-0.39, 0.29) is 0 Å². The second-order valence-electron chi connectivity index (χ2n) is 3.24.